The van der Waals surface area contributed by atoms with E-state index < -0.39 is 5.82 Å². The van der Waals surface area contributed by atoms with Gasteiger partial charge in [0.15, 0.2) is 0 Å². The lowest BCUT2D eigenvalue weighted by Gasteiger charge is -2.28. The first-order valence-electron chi connectivity index (χ1n) is 8.37. The lowest BCUT2D eigenvalue weighted by atomic mass is 9.98. The van der Waals surface area contributed by atoms with Crippen molar-refractivity contribution in [3.8, 4) is 11.8 Å². The number of likely N-dealkylation sites (tertiary alicyclic amines) is 1. The predicted octanol–water partition coefficient (Wildman–Crippen LogP) is 2.04. The molecule has 1 saturated heterocycles. The molecule has 1 aromatic carbocycles. The number of benzene rings is 1. The van der Waals surface area contributed by atoms with Crippen molar-refractivity contribution in [1.82, 2.24) is 25.5 Å². The second kappa shape index (κ2) is 8.40. The molecule has 8 nitrogen and oxygen atoms in total. The van der Waals surface area contributed by atoms with Gasteiger partial charge in [-0.2, -0.15) is 10.5 Å². The molecule has 1 aromatic heterocycles. The van der Waals surface area contributed by atoms with E-state index in [4.69, 9.17) is 4.74 Å². The van der Waals surface area contributed by atoms with Crippen LogP contribution in [0.15, 0.2) is 24.4 Å². The number of halogens is 1. The SMILES string of the molecule is CN1CCC(COc2ccc(F)cc2NC=C(C#N)c2nn[nH]n2)CC1. The topological polar surface area (TPSA) is 103 Å². The van der Waals surface area contributed by atoms with E-state index in [9.17, 15) is 9.65 Å². The number of aromatic nitrogens is 4. The predicted molar refractivity (Wildman–Crippen MR) is 93.5 cm³/mol. The molecule has 2 aromatic rings. The average molecular weight is 357 g/mol. The molecule has 0 aliphatic carbocycles. The van der Waals surface area contributed by atoms with Crippen LogP contribution in [-0.2, 0) is 0 Å². The van der Waals surface area contributed by atoms with Crippen LogP contribution in [0.1, 0.15) is 18.7 Å². The first kappa shape index (κ1) is 17.8. The molecule has 1 aliphatic heterocycles. The molecule has 0 radical (unpaired) electrons. The highest BCUT2D eigenvalue weighted by molar-refractivity contribution is 5.74. The van der Waals surface area contributed by atoms with Gasteiger partial charge in [-0.15, -0.1) is 10.2 Å². The normalized spacial score (nSPS) is 16.3. The molecule has 3 rings (SSSR count). The number of hydrogen-bond acceptors (Lipinski definition) is 7. The van der Waals surface area contributed by atoms with Crippen molar-refractivity contribution in [2.24, 2.45) is 5.92 Å². The first-order valence-corrected chi connectivity index (χ1v) is 8.37. The molecule has 9 heteroatoms. The summed E-state index contributed by atoms with van der Waals surface area (Å²) in [6.07, 6.45) is 3.57. The lowest BCUT2D eigenvalue weighted by Crippen LogP contribution is -2.32. The number of nitrogens with zero attached hydrogens (tertiary/aromatic N) is 5. The van der Waals surface area contributed by atoms with Gasteiger partial charge in [0.05, 0.1) is 12.3 Å². The number of nitriles is 1. The van der Waals surface area contributed by atoms with E-state index >= 15 is 0 Å². The molecule has 0 spiro atoms. The smallest absolute Gasteiger partial charge is 0.216 e. The highest BCUT2D eigenvalue weighted by atomic mass is 19.1. The largest absolute Gasteiger partial charge is 0.491 e. The second-order valence-corrected chi connectivity index (χ2v) is 6.25. The van der Waals surface area contributed by atoms with Gasteiger partial charge in [-0.3, -0.25) is 0 Å². The van der Waals surface area contributed by atoms with Crippen LogP contribution in [-0.4, -0.2) is 52.3 Å². The van der Waals surface area contributed by atoms with Crippen molar-refractivity contribution < 1.29 is 9.13 Å². The Balaban J connectivity index is 1.69. The number of rotatable bonds is 6. The third-order valence-corrected chi connectivity index (χ3v) is 4.33. The highest BCUT2D eigenvalue weighted by Crippen LogP contribution is 2.27. The Bertz CT molecular complexity index is 792. The fourth-order valence-electron chi connectivity index (χ4n) is 2.75. The van der Waals surface area contributed by atoms with Crippen LogP contribution in [0.4, 0.5) is 10.1 Å². The minimum atomic E-state index is -0.398. The molecule has 2 heterocycles. The Kier molecular flexibility index (Phi) is 5.76. The summed E-state index contributed by atoms with van der Waals surface area (Å²) >= 11 is 0. The van der Waals surface area contributed by atoms with E-state index in [-0.39, 0.29) is 11.4 Å². The van der Waals surface area contributed by atoms with Gasteiger partial charge in [0.2, 0.25) is 5.82 Å². The van der Waals surface area contributed by atoms with Crippen LogP contribution in [0.5, 0.6) is 5.75 Å². The van der Waals surface area contributed by atoms with Crippen molar-refractivity contribution in [3.05, 3.63) is 36.0 Å². The zero-order valence-electron chi connectivity index (χ0n) is 14.4. The Hall–Kier alpha value is -2.99. The molecule has 0 unspecified atom stereocenters. The Morgan fingerprint density at radius 2 is 2.31 bits per heavy atom. The Morgan fingerprint density at radius 1 is 1.50 bits per heavy atom. The number of H-pyrrole nitrogens is 1. The number of aromatic amines is 1. The fraction of sp³-hybridized carbons (Fsp3) is 0.412. The van der Waals surface area contributed by atoms with E-state index in [2.05, 4.69) is 37.9 Å². The van der Waals surface area contributed by atoms with Gasteiger partial charge < -0.3 is 15.0 Å². The summed E-state index contributed by atoms with van der Waals surface area (Å²) < 4.78 is 19.6. The third kappa shape index (κ3) is 4.55. The zero-order valence-corrected chi connectivity index (χ0v) is 14.4. The molecule has 26 heavy (non-hydrogen) atoms. The van der Waals surface area contributed by atoms with Gasteiger partial charge >= 0.3 is 0 Å². The van der Waals surface area contributed by atoms with Crippen LogP contribution >= 0.6 is 0 Å². The summed E-state index contributed by atoms with van der Waals surface area (Å²) in [7, 11) is 2.11. The number of tetrazole rings is 1. The minimum absolute atomic E-state index is 0.158. The van der Waals surface area contributed by atoms with Crippen LogP contribution in [0.2, 0.25) is 0 Å². The van der Waals surface area contributed by atoms with Crippen molar-refractivity contribution in [2.75, 3.05) is 32.1 Å². The molecule has 136 valence electrons. The second-order valence-electron chi connectivity index (χ2n) is 6.25. The number of piperidine rings is 1. The summed E-state index contributed by atoms with van der Waals surface area (Å²) in [5.74, 6) is 0.774. The van der Waals surface area contributed by atoms with Crippen LogP contribution < -0.4 is 10.1 Å². The summed E-state index contributed by atoms with van der Waals surface area (Å²) in [5, 5.41) is 25.3. The summed E-state index contributed by atoms with van der Waals surface area (Å²) in [6.45, 7) is 2.69. The summed E-state index contributed by atoms with van der Waals surface area (Å²) in [5.41, 5.74) is 0.610. The van der Waals surface area contributed by atoms with Crippen molar-refractivity contribution in [2.45, 2.75) is 12.8 Å². The maximum absolute atomic E-state index is 13.6. The van der Waals surface area contributed by atoms with E-state index in [1.807, 2.05) is 6.07 Å². The lowest BCUT2D eigenvalue weighted by molar-refractivity contribution is 0.160. The number of ether oxygens (including phenoxy) is 1. The molecule has 0 saturated carbocycles. The van der Waals surface area contributed by atoms with E-state index in [0.717, 1.165) is 25.9 Å². The van der Waals surface area contributed by atoms with Gasteiger partial charge in [-0.1, -0.05) is 0 Å². The molecule has 1 aliphatic rings. The zero-order chi connectivity index (χ0) is 18.4. The number of allylic oxidation sites excluding steroid dienone is 1. The monoisotopic (exact) mass is 357 g/mol. The Labute approximate surface area is 150 Å². The van der Waals surface area contributed by atoms with Crippen LogP contribution in [0, 0.1) is 23.1 Å². The molecule has 0 bridgehead atoms. The number of hydrogen-bond donors (Lipinski definition) is 2. The summed E-state index contributed by atoms with van der Waals surface area (Å²) in [4.78, 5) is 2.30. The standard InChI is InChI=1S/C17H20FN7O/c1-25-6-4-12(5-7-25)11-26-16-3-2-14(18)8-15(16)20-10-13(9-19)17-21-23-24-22-17/h2-3,8,10,12,20H,4-7,11H2,1H3,(H,21,22,23,24). The summed E-state index contributed by atoms with van der Waals surface area (Å²) in [6, 6.07) is 6.23. The maximum atomic E-state index is 13.6. The van der Waals surface area contributed by atoms with Crippen LogP contribution in [0.3, 0.4) is 0 Å². The van der Waals surface area contributed by atoms with Crippen LogP contribution in [0.25, 0.3) is 5.57 Å². The molecule has 1 fully saturated rings. The van der Waals surface area contributed by atoms with Gasteiger partial charge in [0.25, 0.3) is 0 Å². The fourth-order valence-corrected chi connectivity index (χ4v) is 2.75. The molecule has 0 amide bonds. The van der Waals surface area contributed by atoms with Crippen molar-refractivity contribution >= 4 is 11.3 Å². The molecular weight excluding hydrogens is 337 g/mol. The van der Waals surface area contributed by atoms with E-state index in [0.29, 0.717) is 24.0 Å². The first-order chi connectivity index (χ1) is 12.7. The van der Waals surface area contributed by atoms with Gasteiger partial charge in [-0.25, -0.2) is 4.39 Å². The highest BCUT2D eigenvalue weighted by Gasteiger charge is 2.18. The van der Waals surface area contributed by atoms with E-state index in [1.54, 1.807) is 6.07 Å². The molecule has 2 N–H and O–H groups in total. The van der Waals surface area contributed by atoms with E-state index in [1.165, 1.54) is 18.3 Å². The molecule has 0 atom stereocenters. The Morgan fingerprint density at radius 3 is 3.00 bits per heavy atom. The van der Waals surface area contributed by atoms with Crippen molar-refractivity contribution in [3.63, 3.8) is 0 Å². The van der Waals surface area contributed by atoms with Gasteiger partial charge in [0.1, 0.15) is 23.2 Å². The number of nitrogens with one attached hydrogen (secondary N) is 2. The molecular formula is C17H20FN7O. The van der Waals surface area contributed by atoms with Gasteiger partial charge in [-0.05, 0) is 56.2 Å². The minimum Gasteiger partial charge on any atom is -0.491 e. The van der Waals surface area contributed by atoms with Crippen molar-refractivity contribution in [1.29, 1.82) is 5.26 Å². The maximum Gasteiger partial charge on any atom is 0.216 e. The third-order valence-electron chi connectivity index (χ3n) is 4.33. The quantitative estimate of drug-likeness (QED) is 0.763. The van der Waals surface area contributed by atoms with Gasteiger partial charge in [0, 0.05) is 12.3 Å². The average Bonchev–Trinajstić information content (AvgIpc) is 3.17. The number of anilines is 1.